The lowest BCUT2D eigenvalue weighted by atomic mass is 10.1. The van der Waals surface area contributed by atoms with Crippen LogP contribution in [0.25, 0.3) is 11.5 Å². The number of nitrogens with zero attached hydrogens (tertiary/aromatic N) is 3. The van der Waals surface area contributed by atoms with Gasteiger partial charge in [0, 0.05) is 23.7 Å². The van der Waals surface area contributed by atoms with Crippen LogP contribution in [0.15, 0.2) is 66.0 Å². The molecule has 0 spiro atoms. The second kappa shape index (κ2) is 9.48. The number of hydrogen-bond donors (Lipinski definition) is 1. The maximum Gasteiger partial charge on any atom is 0.247 e. The van der Waals surface area contributed by atoms with Gasteiger partial charge >= 0.3 is 0 Å². The average molecular weight is 453 g/mol. The van der Waals surface area contributed by atoms with Crippen molar-refractivity contribution in [3.63, 3.8) is 0 Å². The third kappa shape index (κ3) is 4.80. The summed E-state index contributed by atoms with van der Waals surface area (Å²) >= 11 is 1.37. The number of imidazole rings is 1. The Morgan fingerprint density at radius 2 is 1.84 bits per heavy atom. The fourth-order valence-corrected chi connectivity index (χ4v) is 4.25. The molecular weight excluding hydrogens is 430 g/mol. The summed E-state index contributed by atoms with van der Waals surface area (Å²) < 4.78 is 29.0. The van der Waals surface area contributed by atoms with Gasteiger partial charge in [0.05, 0.1) is 0 Å². The van der Waals surface area contributed by atoms with E-state index in [0.29, 0.717) is 34.5 Å². The molecule has 32 heavy (non-hydrogen) atoms. The van der Waals surface area contributed by atoms with Crippen molar-refractivity contribution in [3.8, 4) is 11.5 Å². The van der Waals surface area contributed by atoms with E-state index < -0.39 is 11.9 Å². The molecule has 0 aliphatic carbocycles. The number of nitrogens with one attached hydrogen (secondary N) is 1. The van der Waals surface area contributed by atoms with Crippen LogP contribution in [0.5, 0.6) is 0 Å². The third-order valence-corrected chi connectivity index (χ3v) is 6.06. The lowest BCUT2D eigenvalue weighted by Crippen LogP contribution is -2.27. The summed E-state index contributed by atoms with van der Waals surface area (Å²) in [6.07, 6.45) is 1.74. The number of carbonyl (C=O) groups is 1. The lowest BCUT2D eigenvalue weighted by molar-refractivity contribution is -0.119. The molecule has 0 fully saturated rings. The molecule has 0 saturated carbocycles. The van der Waals surface area contributed by atoms with Crippen LogP contribution in [0, 0.1) is 18.6 Å². The van der Waals surface area contributed by atoms with E-state index in [1.54, 1.807) is 16.7 Å². The number of aromatic nitrogens is 3. The molecule has 8 heteroatoms. The van der Waals surface area contributed by atoms with E-state index in [0.717, 1.165) is 11.1 Å². The fourth-order valence-electron chi connectivity index (χ4n) is 3.44. The number of anilines is 1. The zero-order valence-electron chi connectivity index (χ0n) is 17.7. The normalized spacial score (nSPS) is 12.1. The topological polar surface area (TPSA) is 59.8 Å². The van der Waals surface area contributed by atoms with Crippen LogP contribution in [0.2, 0.25) is 0 Å². The smallest absolute Gasteiger partial charge is 0.247 e. The number of fused-ring (bicyclic) bond motifs is 1. The highest BCUT2D eigenvalue weighted by molar-refractivity contribution is 7.98. The quantitative estimate of drug-likeness (QED) is 0.357. The first-order chi connectivity index (χ1) is 15.4. The van der Waals surface area contributed by atoms with Crippen molar-refractivity contribution in [1.29, 1.82) is 0 Å². The van der Waals surface area contributed by atoms with Gasteiger partial charge in [0.2, 0.25) is 5.91 Å². The summed E-state index contributed by atoms with van der Waals surface area (Å²) in [5.41, 5.74) is 2.97. The second-order valence-electron chi connectivity index (χ2n) is 7.42. The molecule has 5 nitrogen and oxygen atoms in total. The highest BCUT2D eigenvalue weighted by Crippen LogP contribution is 2.30. The molecule has 2 aliphatic rings. The van der Waals surface area contributed by atoms with Crippen molar-refractivity contribution in [3.05, 3.63) is 83.6 Å². The average Bonchev–Trinajstić information content (AvgIpc) is 3.18. The largest absolute Gasteiger partial charge is 0.324 e. The van der Waals surface area contributed by atoms with E-state index in [-0.39, 0.29) is 11.7 Å². The van der Waals surface area contributed by atoms with Crippen LogP contribution >= 0.6 is 11.8 Å². The van der Waals surface area contributed by atoms with Crippen LogP contribution in [-0.4, -0.2) is 20.4 Å². The number of amides is 1. The number of carbonyl (C=O) groups excluding carboxylic acids is 1. The molecular formula is C24H22F2N4OS. The molecule has 0 saturated heterocycles. The third-order valence-electron chi connectivity index (χ3n) is 5.14. The Morgan fingerprint density at radius 3 is 2.56 bits per heavy atom. The number of aryl methyl sites for hydroxylation is 1. The Kier molecular flexibility index (Phi) is 6.50. The summed E-state index contributed by atoms with van der Waals surface area (Å²) in [6.45, 7) is 3.78. The van der Waals surface area contributed by atoms with Crippen LogP contribution < -0.4 is 5.32 Å². The lowest BCUT2D eigenvalue weighted by Gasteiger charge is -2.21. The molecule has 164 valence electrons. The maximum absolute atomic E-state index is 14.4. The van der Waals surface area contributed by atoms with Gasteiger partial charge in [-0.15, -0.1) is 0 Å². The molecule has 1 N–H and O–H groups in total. The predicted molar refractivity (Wildman–Crippen MR) is 122 cm³/mol. The van der Waals surface area contributed by atoms with Crippen molar-refractivity contribution in [2.75, 3.05) is 5.32 Å². The van der Waals surface area contributed by atoms with Crippen molar-refractivity contribution >= 4 is 23.4 Å². The zero-order valence-corrected chi connectivity index (χ0v) is 18.5. The maximum atomic E-state index is 14.4. The van der Waals surface area contributed by atoms with Crippen molar-refractivity contribution in [2.45, 2.75) is 37.2 Å². The summed E-state index contributed by atoms with van der Waals surface area (Å²) in [4.78, 5) is 22.0. The number of para-hydroxylation sites is 1. The van der Waals surface area contributed by atoms with Gasteiger partial charge in [0.15, 0.2) is 11.0 Å². The SMILES string of the molecule is CCC(C(=O)Nc1ccccc1C)n1cc(F)cc2nc(SCc3ccc(F)cc3)nc1-2. The first-order valence-electron chi connectivity index (χ1n) is 10.2. The van der Waals surface area contributed by atoms with Crippen LogP contribution in [0.3, 0.4) is 0 Å². The monoisotopic (exact) mass is 452 g/mol. The van der Waals surface area contributed by atoms with E-state index in [1.165, 1.54) is 36.2 Å². The summed E-state index contributed by atoms with van der Waals surface area (Å²) in [5, 5.41) is 3.41. The van der Waals surface area contributed by atoms with Gasteiger partial charge in [-0.25, -0.2) is 18.7 Å². The molecule has 4 rings (SSSR count). The molecule has 1 amide bonds. The van der Waals surface area contributed by atoms with Gasteiger partial charge in [-0.3, -0.25) is 4.79 Å². The van der Waals surface area contributed by atoms with E-state index in [4.69, 9.17) is 0 Å². The van der Waals surface area contributed by atoms with Gasteiger partial charge in [0.25, 0.3) is 0 Å². The first-order valence-corrected chi connectivity index (χ1v) is 11.2. The Balaban J connectivity index is 1.60. The van der Waals surface area contributed by atoms with E-state index in [2.05, 4.69) is 15.3 Å². The van der Waals surface area contributed by atoms with Crippen LogP contribution in [0.4, 0.5) is 14.5 Å². The molecule has 0 bridgehead atoms. The van der Waals surface area contributed by atoms with Gasteiger partial charge < -0.3 is 9.88 Å². The number of rotatable bonds is 7. The molecule has 2 aromatic carbocycles. The Bertz CT molecular complexity index is 1210. The summed E-state index contributed by atoms with van der Waals surface area (Å²) in [5.74, 6) is -0.0406. The molecule has 2 aliphatic heterocycles. The molecule has 1 atom stereocenters. The molecule has 0 radical (unpaired) electrons. The molecule has 1 unspecified atom stereocenters. The van der Waals surface area contributed by atoms with Crippen molar-refractivity contribution in [2.24, 2.45) is 0 Å². The van der Waals surface area contributed by atoms with Gasteiger partial charge in [0.1, 0.15) is 23.4 Å². The van der Waals surface area contributed by atoms with Crippen molar-refractivity contribution < 1.29 is 13.6 Å². The Hall–Kier alpha value is -3.26. The van der Waals surface area contributed by atoms with Crippen LogP contribution in [-0.2, 0) is 10.5 Å². The highest BCUT2D eigenvalue weighted by atomic mass is 32.2. The first kappa shape index (κ1) is 22.0. The zero-order chi connectivity index (χ0) is 22.7. The predicted octanol–water partition coefficient (Wildman–Crippen LogP) is 5.85. The Morgan fingerprint density at radius 1 is 1.09 bits per heavy atom. The number of pyridine rings is 1. The molecule has 0 aromatic heterocycles. The number of halogens is 2. The standard InChI is InChI=1S/C24H22F2N4OS/c1-3-21(23(31)27-19-7-5-4-6-15(19)2)30-13-18(26)12-20-22(30)29-24(28-20)32-14-16-8-10-17(25)11-9-16/h4-13,21H,3,14H2,1-2H3,(H,27,31). The minimum absolute atomic E-state index is 0.248. The minimum atomic E-state index is -0.653. The molecule has 2 heterocycles. The minimum Gasteiger partial charge on any atom is -0.324 e. The summed E-state index contributed by atoms with van der Waals surface area (Å²) in [6, 6.07) is 14.4. The molecule has 2 aromatic rings. The number of thioether (sulfide) groups is 1. The van der Waals surface area contributed by atoms with E-state index in [1.807, 2.05) is 38.1 Å². The van der Waals surface area contributed by atoms with Gasteiger partial charge in [-0.2, -0.15) is 0 Å². The van der Waals surface area contributed by atoms with Gasteiger partial charge in [-0.05, 0) is 42.7 Å². The Labute approximate surface area is 189 Å². The van der Waals surface area contributed by atoms with Gasteiger partial charge in [-0.1, -0.05) is 49.0 Å². The van der Waals surface area contributed by atoms with Crippen molar-refractivity contribution in [1.82, 2.24) is 14.5 Å². The number of hydrogen-bond acceptors (Lipinski definition) is 4. The fraction of sp³-hybridized carbons (Fsp3) is 0.208. The highest BCUT2D eigenvalue weighted by Gasteiger charge is 2.25. The number of benzene rings is 2. The summed E-state index contributed by atoms with van der Waals surface area (Å²) in [7, 11) is 0. The van der Waals surface area contributed by atoms with Crippen LogP contribution in [0.1, 0.15) is 30.5 Å². The van der Waals surface area contributed by atoms with E-state index in [9.17, 15) is 13.6 Å². The second-order valence-corrected chi connectivity index (χ2v) is 8.37. The van der Waals surface area contributed by atoms with E-state index >= 15 is 0 Å².